The lowest BCUT2D eigenvalue weighted by molar-refractivity contribution is 0.112. The molecule has 0 saturated carbocycles. The van der Waals surface area contributed by atoms with Crippen LogP contribution in [0.2, 0.25) is 0 Å². The second kappa shape index (κ2) is 6.72. The fourth-order valence-corrected chi connectivity index (χ4v) is 2.24. The lowest BCUT2D eigenvalue weighted by Crippen LogP contribution is -1.84. The summed E-state index contributed by atoms with van der Waals surface area (Å²) in [6.45, 7) is 0. The maximum absolute atomic E-state index is 10.6. The molecule has 0 bridgehead atoms. The third kappa shape index (κ3) is 3.82. The molecule has 0 amide bonds. The molecule has 18 heavy (non-hydrogen) atoms. The average molecular weight is 254 g/mol. The van der Waals surface area contributed by atoms with Gasteiger partial charge in [-0.05, 0) is 40.4 Å². The van der Waals surface area contributed by atoms with Crippen LogP contribution in [0.15, 0.2) is 59.3 Å². The predicted molar refractivity (Wildman–Crippen MR) is 78.0 cm³/mol. The van der Waals surface area contributed by atoms with Gasteiger partial charge in [0, 0.05) is 5.56 Å². The van der Waals surface area contributed by atoms with E-state index >= 15 is 0 Å². The first-order valence-electron chi connectivity index (χ1n) is 5.78. The van der Waals surface area contributed by atoms with Crippen molar-refractivity contribution in [3.8, 4) is 0 Å². The van der Waals surface area contributed by atoms with Gasteiger partial charge in [0.2, 0.25) is 0 Å². The van der Waals surface area contributed by atoms with Crippen molar-refractivity contribution in [2.45, 2.75) is 6.42 Å². The number of carbonyl (C=O) groups excluding carboxylic acids is 1. The van der Waals surface area contributed by atoms with Crippen molar-refractivity contribution in [1.82, 2.24) is 0 Å². The Hall–Kier alpha value is -1.93. The molecule has 2 rings (SSSR count). The minimum atomic E-state index is 0.731. The molecular weight excluding hydrogens is 240 g/mol. The molecule has 1 nitrogen and oxygen atoms in total. The zero-order chi connectivity index (χ0) is 12.6. The Morgan fingerprint density at radius 2 is 2.06 bits per heavy atom. The van der Waals surface area contributed by atoms with Gasteiger partial charge in [0.15, 0.2) is 0 Å². The predicted octanol–water partition coefficient (Wildman–Crippen LogP) is 4.37. The Labute approximate surface area is 111 Å². The highest BCUT2D eigenvalue weighted by Crippen LogP contribution is 2.08. The summed E-state index contributed by atoms with van der Waals surface area (Å²) in [5.41, 5.74) is 3.11. The number of allylic oxidation sites excluding steroid dienone is 3. The smallest absolute Gasteiger partial charge is 0.150 e. The number of thiophene rings is 1. The summed E-state index contributed by atoms with van der Waals surface area (Å²) < 4.78 is 0. The van der Waals surface area contributed by atoms with Crippen LogP contribution in [0.4, 0.5) is 0 Å². The van der Waals surface area contributed by atoms with E-state index in [1.165, 1.54) is 5.56 Å². The number of rotatable bonds is 5. The van der Waals surface area contributed by atoms with Crippen LogP contribution in [-0.2, 0) is 6.42 Å². The molecule has 1 aromatic heterocycles. The zero-order valence-corrected chi connectivity index (χ0v) is 10.8. The van der Waals surface area contributed by atoms with Gasteiger partial charge < -0.3 is 0 Å². The summed E-state index contributed by atoms with van der Waals surface area (Å²) in [6.07, 6.45) is 9.96. The van der Waals surface area contributed by atoms with E-state index in [0.717, 1.165) is 23.8 Å². The standard InChI is InChI=1S/C16H14OS/c17-12-16-8-4-7-14(11-16)5-2-1-3-6-15-9-10-18-13-15/h1-4,6-13H,5H2. The third-order valence-corrected chi connectivity index (χ3v) is 3.22. The van der Waals surface area contributed by atoms with Gasteiger partial charge in [0.05, 0.1) is 0 Å². The molecule has 0 unspecified atom stereocenters. The normalized spacial score (nSPS) is 11.3. The summed E-state index contributed by atoms with van der Waals surface area (Å²) in [5, 5.41) is 4.17. The topological polar surface area (TPSA) is 17.1 Å². The Kier molecular flexibility index (Phi) is 4.68. The van der Waals surface area contributed by atoms with Crippen molar-refractivity contribution in [3.05, 3.63) is 76.0 Å². The van der Waals surface area contributed by atoms with Gasteiger partial charge in [-0.3, -0.25) is 4.79 Å². The van der Waals surface area contributed by atoms with E-state index in [1.807, 2.05) is 36.4 Å². The van der Waals surface area contributed by atoms with Gasteiger partial charge in [0.25, 0.3) is 0 Å². The molecule has 1 aromatic carbocycles. The quantitative estimate of drug-likeness (QED) is 0.572. The number of benzene rings is 1. The molecule has 2 heteroatoms. The van der Waals surface area contributed by atoms with Gasteiger partial charge in [-0.2, -0.15) is 11.3 Å². The Morgan fingerprint density at radius 1 is 1.11 bits per heavy atom. The van der Waals surface area contributed by atoms with E-state index in [-0.39, 0.29) is 0 Å². The lowest BCUT2D eigenvalue weighted by Gasteiger charge is -1.96. The Morgan fingerprint density at radius 3 is 2.83 bits per heavy atom. The first kappa shape index (κ1) is 12.5. The molecule has 0 aliphatic carbocycles. The summed E-state index contributed by atoms with van der Waals surface area (Å²) in [4.78, 5) is 10.6. The van der Waals surface area contributed by atoms with Crippen LogP contribution in [0.3, 0.4) is 0 Å². The molecule has 90 valence electrons. The second-order valence-electron chi connectivity index (χ2n) is 3.91. The highest BCUT2D eigenvalue weighted by atomic mass is 32.1. The van der Waals surface area contributed by atoms with Gasteiger partial charge in [0.1, 0.15) is 6.29 Å². The van der Waals surface area contributed by atoms with E-state index in [2.05, 4.69) is 29.0 Å². The SMILES string of the molecule is O=Cc1cccc(CC=CC=Cc2ccsc2)c1. The van der Waals surface area contributed by atoms with Crippen molar-refractivity contribution in [2.75, 3.05) is 0 Å². The maximum Gasteiger partial charge on any atom is 0.150 e. The van der Waals surface area contributed by atoms with E-state index in [9.17, 15) is 4.79 Å². The van der Waals surface area contributed by atoms with Gasteiger partial charge in [-0.15, -0.1) is 0 Å². The molecule has 0 spiro atoms. The monoisotopic (exact) mass is 254 g/mol. The molecule has 0 atom stereocenters. The molecule has 2 aromatic rings. The largest absolute Gasteiger partial charge is 0.298 e. The zero-order valence-electron chi connectivity index (χ0n) is 9.95. The van der Waals surface area contributed by atoms with Crippen LogP contribution < -0.4 is 0 Å². The van der Waals surface area contributed by atoms with Gasteiger partial charge >= 0.3 is 0 Å². The molecule has 0 N–H and O–H groups in total. The highest BCUT2D eigenvalue weighted by molar-refractivity contribution is 7.08. The fourth-order valence-electron chi connectivity index (χ4n) is 1.61. The van der Waals surface area contributed by atoms with Crippen molar-refractivity contribution < 1.29 is 4.79 Å². The van der Waals surface area contributed by atoms with E-state index < -0.39 is 0 Å². The Balaban J connectivity index is 1.89. The first-order valence-corrected chi connectivity index (χ1v) is 6.72. The minimum Gasteiger partial charge on any atom is -0.298 e. The van der Waals surface area contributed by atoms with Crippen molar-refractivity contribution in [1.29, 1.82) is 0 Å². The maximum atomic E-state index is 10.6. The average Bonchev–Trinajstić information content (AvgIpc) is 2.92. The number of hydrogen-bond donors (Lipinski definition) is 0. The first-order chi connectivity index (χ1) is 8.88. The summed E-state index contributed by atoms with van der Waals surface area (Å²) >= 11 is 1.70. The number of hydrogen-bond acceptors (Lipinski definition) is 2. The van der Waals surface area contributed by atoms with Crippen LogP contribution >= 0.6 is 11.3 Å². The molecule has 0 saturated heterocycles. The molecule has 0 radical (unpaired) electrons. The minimum absolute atomic E-state index is 0.731. The van der Waals surface area contributed by atoms with Crippen LogP contribution in [0.1, 0.15) is 21.5 Å². The van der Waals surface area contributed by atoms with Crippen molar-refractivity contribution in [3.63, 3.8) is 0 Å². The number of carbonyl (C=O) groups is 1. The van der Waals surface area contributed by atoms with Crippen molar-refractivity contribution >= 4 is 23.7 Å². The van der Waals surface area contributed by atoms with Crippen LogP contribution in [0, 0.1) is 0 Å². The van der Waals surface area contributed by atoms with E-state index in [4.69, 9.17) is 0 Å². The molecule has 0 aliphatic rings. The van der Waals surface area contributed by atoms with E-state index in [0.29, 0.717) is 0 Å². The summed E-state index contributed by atoms with van der Waals surface area (Å²) in [5.74, 6) is 0. The molecule has 0 fully saturated rings. The second-order valence-corrected chi connectivity index (χ2v) is 4.69. The van der Waals surface area contributed by atoms with Crippen molar-refractivity contribution in [2.24, 2.45) is 0 Å². The van der Waals surface area contributed by atoms with Gasteiger partial charge in [-0.25, -0.2) is 0 Å². The van der Waals surface area contributed by atoms with Crippen LogP contribution in [0.5, 0.6) is 0 Å². The molecule has 1 heterocycles. The molecule has 0 aliphatic heterocycles. The van der Waals surface area contributed by atoms with Crippen LogP contribution in [0.25, 0.3) is 6.08 Å². The summed E-state index contributed by atoms with van der Waals surface area (Å²) in [7, 11) is 0. The molecular formula is C16H14OS. The highest BCUT2D eigenvalue weighted by Gasteiger charge is 1.91. The summed E-state index contributed by atoms with van der Waals surface area (Å²) in [6, 6.07) is 9.76. The lowest BCUT2D eigenvalue weighted by atomic mass is 10.1. The third-order valence-electron chi connectivity index (χ3n) is 2.52. The fraction of sp³-hybridized carbons (Fsp3) is 0.0625. The van der Waals surface area contributed by atoms with E-state index in [1.54, 1.807) is 11.3 Å². The number of aldehydes is 1. The Bertz CT molecular complexity index is 550. The van der Waals surface area contributed by atoms with Gasteiger partial charge in [-0.1, -0.05) is 42.5 Å². The van der Waals surface area contributed by atoms with Crippen LogP contribution in [-0.4, -0.2) is 6.29 Å².